The van der Waals surface area contributed by atoms with Crippen LogP contribution in [0.1, 0.15) is 120 Å². The molecule has 0 aromatic rings. The Morgan fingerprint density at radius 1 is 0.968 bits per heavy atom. The Labute approximate surface area is 194 Å². The Morgan fingerprint density at radius 2 is 1.68 bits per heavy atom. The maximum absolute atomic E-state index is 13.5. The third kappa shape index (κ3) is 4.46. The molecule has 4 aliphatic carbocycles. The molecular formula is C30H52O. The molecule has 4 rings (SSSR count). The summed E-state index contributed by atoms with van der Waals surface area (Å²) in [7, 11) is 0. The number of fused-ring (bicyclic) bond motifs is 5. The molecule has 178 valence electrons. The van der Waals surface area contributed by atoms with Gasteiger partial charge in [0.15, 0.2) is 5.78 Å². The van der Waals surface area contributed by atoms with Gasteiger partial charge in [-0.05, 0) is 97.4 Å². The van der Waals surface area contributed by atoms with Gasteiger partial charge < -0.3 is 0 Å². The number of carbonyl (C=O) groups is 1. The van der Waals surface area contributed by atoms with Gasteiger partial charge in [0.05, 0.1) is 0 Å². The summed E-state index contributed by atoms with van der Waals surface area (Å²) in [5.41, 5.74) is 2.23. The lowest BCUT2D eigenvalue weighted by molar-refractivity contribution is -0.134. The van der Waals surface area contributed by atoms with E-state index in [1.165, 1.54) is 69.8 Å². The van der Waals surface area contributed by atoms with Crippen LogP contribution in [0.3, 0.4) is 0 Å². The Bertz CT molecular complexity index is 659. The molecule has 0 radical (unpaired) electrons. The van der Waals surface area contributed by atoms with Crippen LogP contribution in [0, 0.1) is 52.3 Å². The van der Waals surface area contributed by atoms with Crippen LogP contribution in [0.15, 0.2) is 11.6 Å². The first-order valence-corrected chi connectivity index (χ1v) is 13.9. The molecule has 31 heavy (non-hydrogen) atoms. The summed E-state index contributed by atoms with van der Waals surface area (Å²) in [5, 5.41) is 0. The maximum atomic E-state index is 13.5. The van der Waals surface area contributed by atoms with E-state index in [1.807, 2.05) is 13.8 Å². The van der Waals surface area contributed by atoms with Crippen molar-refractivity contribution in [2.45, 2.75) is 120 Å². The van der Waals surface area contributed by atoms with Crippen LogP contribution >= 0.6 is 0 Å². The largest absolute Gasteiger partial charge is 0.295 e. The smallest absolute Gasteiger partial charge is 0.159 e. The highest BCUT2D eigenvalue weighted by Gasteiger charge is 2.61. The molecule has 0 bridgehead atoms. The van der Waals surface area contributed by atoms with Crippen LogP contribution in [0.2, 0.25) is 0 Å². The molecule has 3 saturated carbocycles. The molecule has 0 heterocycles. The molecule has 5 unspecified atom stereocenters. The molecule has 0 aromatic carbocycles. The highest BCUT2D eigenvalue weighted by Crippen LogP contribution is 2.66. The fraction of sp³-hybridized carbons (Fsp3) is 0.900. The van der Waals surface area contributed by atoms with Gasteiger partial charge in [0, 0.05) is 5.92 Å². The quantitative estimate of drug-likeness (QED) is 0.427. The molecule has 0 saturated heterocycles. The summed E-state index contributed by atoms with van der Waals surface area (Å²) in [5.74, 6) is 5.33. The van der Waals surface area contributed by atoms with Crippen molar-refractivity contribution in [3.63, 3.8) is 0 Å². The lowest BCUT2D eigenvalue weighted by Gasteiger charge is -2.57. The van der Waals surface area contributed by atoms with Crippen molar-refractivity contribution in [1.82, 2.24) is 0 Å². The summed E-state index contributed by atoms with van der Waals surface area (Å²) in [4.78, 5) is 13.5. The minimum atomic E-state index is 0.313. The van der Waals surface area contributed by atoms with Gasteiger partial charge in [0.2, 0.25) is 0 Å². The predicted octanol–water partition coefficient (Wildman–Crippen LogP) is 8.87. The van der Waals surface area contributed by atoms with E-state index in [9.17, 15) is 4.79 Å². The fourth-order valence-electron chi connectivity index (χ4n) is 8.61. The summed E-state index contributed by atoms with van der Waals surface area (Å²) in [6.45, 7) is 18.7. The van der Waals surface area contributed by atoms with Gasteiger partial charge in [-0.1, -0.05) is 80.2 Å². The number of hydrogen-bond acceptors (Lipinski definition) is 1. The first-order chi connectivity index (χ1) is 14.7. The predicted molar refractivity (Wildman–Crippen MR) is 134 cm³/mol. The van der Waals surface area contributed by atoms with E-state index >= 15 is 0 Å². The first-order valence-electron chi connectivity index (χ1n) is 13.9. The number of ketones is 1. The lowest BCUT2D eigenvalue weighted by Crippen LogP contribution is -2.53. The number of allylic oxidation sites excluding steroid dienone is 2. The van der Waals surface area contributed by atoms with E-state index in [0.29, 0.717) is 34.4 Å². The number of rotatable bonds is 5. The average Bonchev–Trinajstić information content (AvgIpc) is 3.08. The second-order valence-corrected chi connectivity index (χ2v) is 12.6. The Kier molecular flexibility index (Phi) is 7.85. The van der Waals surface area contributed by atoms with E-state index in [-0.39, 0.29) is 0 Å². The molecule has 0 aliphatic heterocycles. The van der Waals surface area contributed by atoms with Gasteiger partial charge in [-0.15, -0.1) is 0 Å². The summed E-state index contributed by atoms with van der Waals surface area (Å²) in [6, 6.07) is 0. The van der Waals surface area contributed by atoms with Crippen molar-refractivity contribution < 1.29 is 4.79 Å². The Morgan fingerprint density at radius 3 is 2.35 bits per heavy atom. The number of hydrogen-bond donors (Lipinski definition) is 0. The molecule has 0 amide bonds. The van der Waals surface area contributed by atoms with E-state index in [2.05, 4.69) is 47.6 Å². The van der Waals surface area contributed by atoms with Crippen molar-refractivity contribution in [3.05, 3.63) is 11.6 Å². The second kappa shape index (κ2) is 9.72. The zero-order valence-corrected chi connectivity index (χ0v) is 22.1. The van der Waals surface area contributed by atoms with E-state index in [4.69, 9.17) is 0 Å². The minimum absolute atomic E-state index is 0.313. The van der Waals surface area contributed by atoms with Crippen molar-refractivity contribution in [1.29, 1.82) is 0 Å². The van der Waals surface area contributed by atoms with Crippen LogP contribution in [-0.4, -0.2) is 5.78 Å². The molecule has 3 fully saturated rings. The highest BCUT2D eigenvalue weighted by atomic mass is 16.1. The summed E-state index contributed by atoms with van der Waals surface area (Å²) < 4.78 is 0. The molecule has 1 nitrogen and oxygen atoms in total. The summed E-state index contributed by atoms with van der Waals surface area (Å²) in [6.07, 6.45) is 15.4. The van der Waals surface area contributed by atoms with Crippen molar-refractivity contribution >= 4 is 5.78 Å². The van der Waals surface area contributed by atoms with Gasteiger partial charge >= 0.3 is 0 Å². The van der Waals surface area contributed by atoms with Crippen molar-refractivity contribution in [2.24, 2.45) is 52.3 Å². The van der Waals surface area contributed by atoms with Gasteiger partial charge in [-0.2, -0.15) is 0 Å². The van der Waals surface area contributed by atoms with Crippen LogP contribution in [0.5, 0.6) is 0 Å². The van der Waals surface area contributed by atoms with E-state index in [0.717, 1.165) is 23.7 Å². The lowest BCUT2D eigenvalue weighted by atomic mass is 9.46. The average molecular weight is 429 g/mol. The van der Waals surface area contributed by atoms with Crippen molar-refractivity contribution in [2.75, 3.05) is 0 Å². The molecule has 4 aliphatic rings. The van der Waals surface area contributed by atoms with Gasteiger partial charge in [0.25, 0.3) is 0 Å². The molecule has 1 heteroatoms. The standard InChI is InChI=1S/C28H46O.C2H6/c1-18(2)8-7-9-20(4)22-10-11-23-26-24(13-15-28(22,23)6)27(5)14-12-19(3)16-21(27)17-25(26)29;1-2/h17-20,22-24,26H,7-16H2,1-6H3;1-2H3/t19-,20?,22?,23?,24?,26?,27-,28+;/m0./s1. The minimum Gasteiger partial charge on any atom is -0.295 e. The second-order valence-electron chi connectivity index (χ2n) is 12.6. The molecule has 0 spiro atoms. The van der Waals surface area contributed by atoms with Gasteiger partial charge in [-0.25, -0.2) is 0 Å². The third-order valence-electron chi connectivity index (χ3n) is 10.4. The normalized spacial score (nSPS) is 42.7. The van der Waals surface area contributed by atoms with Gasteiger partial charge in [-0.3, -0.25) is 4.79 Å². The first kappa shape index (κ1) is 25.0. The molecule has 0 aromatic heterocycles. The van der Waals surface area contributed by atoms with Crippen LogP contribution in [0.4, 0.5) is 0 Å². The maximum Gasteiger partial charge on any atom is 0.159 e. The fourth-order valence-corrected chi connectivity index (χ4v) is 8.61. The van der Waals surface area contributed by atoms with Crippen LogP contribution in [0.25, 0.3) is 0 Å². The third-order valence-corrected chi connectivity index (χ3v) is 10.4. The highest BCUT2D eigenvalue weighted by molar-refractivity contribution is 5.94. The van der Waals surface area contributed by atoms with Crippen LogP contribution in [-0.2, 0) is 4.79 Å². The molecule has 8 atom stereocenters. The SMILES string of the molecule is CC.CC(C)CCCC(C)C1CCC2C3C(=O)C=C4C[C@@H](C)CC[C@]4(C)C3CC[C@]12C. The zero-order chi connectivity index (χ0) is 23.0. The Hall–Kier alpha value is -0.590. The zero-order valence-electron chi connectivity index (χ0n) is 22.1. The molecule has 0 N–H and O–H groups in total. The Balaban J connectivity index is 0.00000132. The van der Waals surface area contributed by atoms with E-state index < -0.39 is 0 Å². The topological polar surface area (TPSA) is 17.1 Å². The van der Waals surface area contributed by atoms with Crippen LogP contribution < -0.4 is 0 Å². The monoisotopic (exact) mass is 428 g/mol. The molecular weight excluding hydrogens is 376 g/mol. The van der Waals surface area contributed by atoms with Crippen molar-refractivity contribution in [3.8, 4) is 0 Å². The van der Waals surface area contributed by atoms with Gasteiger partial charge in [0.1, 0.15) is 0 Å². The number of carbonyl (C=O) groups excluding carboxylic acids is 1. The summed E-state index contributed by atoms with van der Waals surface area (Å²) >= 11 is 0. The van der Waals surface area contributed by atoms with E-state index in [1.54, 1.807) is 0 Å².